The minimum Gasteiger partial charge on any atom is -0.329 e. The highest BCUT2D eigenvalue weighted by molar-refractivity contribution is 7.00. The Bertz CT molecular complexity index is 623. The van der Waals surface area contributed by atoms with Crippen LogP contribution < -0.4 is 11.1 Å². The zero-order valence-electron chi connectivity index (χ0n) is 9.44. The standard InChI is InChI=1S/C11H11ClN4OS/c12-6-1-2-7-9(16-18-15-7)8(6)14-10(17)11(5-13)3-4-11/h1-2H,3-5,13H2,(H,14,17). The van der Waals surface area contributed by atoms with E-state index in [9.17, 15) is 4.79 Å². The summed E-state index contributed by atoms with van der Waals surface area (Å²) in [5.74, 6) is -0.0765. The summed E-state index contributed by atoms with van der Waals surface area (Å²) >= 11 is 7.21. The lowest BCUT2D eigenvalue weighted by molar-refractivity contribution is -0.120. The smallest absolute Gasteiger partial charge is 0.231 e. The number of hydrogen-bond acceptors (Lipinski definition) is 5. The number of nitrogens with zero attached hydrogens (tertiary/aromatic N) is 2. The second-order valence-electron chi connectivity index (χ2n) is 4.49. The third-order valence-corrected chi connectivity index (χ3v) is 4.20. The Hall–Kier alpha value is -1.24. The number of nitrogens with one attached hydrogen (secondary N) is 1. The van der Waals surface area contributed by atoms with Gasteiger partial charge < -0.3 is 11.1 Å². The average molecular weight is 283 g/mol. The van der Waals surface area contributed by atoms with Gasteiger partial charge in [0.1, 0.15) is 11.0 Å². The zero-order valence-corrected chi connectivity index (χ0v) is 11.0. The topological polar surface area (TPSA) is 80.9 Å². The van der Waals surface area contributed by atoms with Crippen LogP contribution in [0.25, 0.3) is 11.0 Å². The SMILES string of the molecule is NCC1(C(=O)Nc2c(Cl)ccc3nsnc23)CC1. The lowest BCUT2D eigenvalue weighted by Gasteiger charge is -2.13. The lowest BCUT2D eigenvalue weighted by atomic mass is 10.1. The highest BCUT2D eigenvalue weighted by Gasteiger charge is 2.48. The molecule has 0 radical (unpaired) electrons. The van der Waals surface area contributed by atoms with Crippen LogP contribution in [0, 0.1) is 5.41 Å². The quantitative estimate of drug-likeness (QED) is 0.902. The minimum atomic E-state index is -0.408. The number of rotatable bonds is 3. The molecule has 1 saturated carbocycles. The van der Waals surface area contributed by atoms with Gasteiger partial charge in [-0.2, -0.15) is 8.75 Å². The van der Waals surface area contributed by atoms with Gasteiger partial charge in [0.25, 0.3) is 0 Å². The molecule has 3 N–H and O–H groups in total. The summed E-state index contributed by atoms with van der Waals surface area (Å²) in [7, 11) is 0. The molecule has 1 amide bonds. The first-order valence-corrected chi connectivity index (χ1v) is 6.69. The Kier molecular flexibility index (Phi) is 2.73. The molecular formula is C11H11ClN4OS. The summed E-state index contributed by atoms with van der Waals surface area (Å²) in [5.41, 5.74) is 7.13. The van der Waals surface area contributed by atoms with Crippen molar-refractivity contribution in [2.75, 3.05) is 11.9 Å². The van der Waals surface area contributed by atoms with E-state index in [1.165, 1.54) is 0 Å². The van der Waals surface area contributed by atoms with Crippen LogP contribution in [0.2, 0.25) is 5.02 Å². The van der Waals surface area contributed by atoms with Gasteiger partial charge in [0, 0.05) is 6.54 Å². The molecule has 1 heterocycles. The number of carbonyl (C=O) groups excluding carboxylic acids is 1. The van der Waals surface area contributed by atoms with Crippen molar-refractivity contribution in [3.8, 4) is 0 Å². The third-order valence-electron chi connectivity index (χ3n) is 3.34. The van der Waals surface area contributed by atoms with Crippen LogP contribution in [0.1, 0.15) is 12.8 Å². The maximum atomic E-state index is 12.2. The van der Waals surface area contributed by atoms with E-state index in [0.717, 1.165) is 30.1 Å². The summed E-state index contributed by atoms with van der Waals surface area (Å²) in [4.78, 5) is 12.2. The van der Waals surface area contributed by atoms with E-state index >= 15 is 0 Å². The normalized spacial score (nSPS) is 16.8. The van der Waals surface area contributed by atoms with Gasteiger partial charge >= 0.3 is 0 Å². The van der Waals surface area contributed by atoms with Gasteiger partial charge in [0.15, 0.2) is 0 Å². The second kappa shape index (κ2) is 4.15. The van der Waals surface area contributed by atoms with Crippen molar-refractivity contribution in [2.45, 2.75) is 12.8 Å². The Morgan fingerprint density at radius 2 is 2.28 bits per heavy atom. The van der Waals surface area contributed by atoms with Crippen molar-refractivity contribution in [1.82, 2.24) is 8.75 Å². The van der Waals surface area contributed by atoms with E-state index in [1.807, 2.05) is 0 Å². The van der Waals surface area contributed by atoms with Crippen molar-refractivity contribution in [2.24, 2.45) is 11.1 Å². The Balaban J connectivity index is 1.97. The average Bonchev–Trinajstić information content (AvgIpc) is 3.04. The molecule has 7 heteroatoms. The molecule has 0 saturated heterocycles. The molecule has 5 nitrogen and oxygen atoms in total. The van der Waals surface area contributed by atoms with Crippen molar-refractivity contribution in [3.05, 3.63) is 17.2 Å². The number of benzene rings is 1. The first-order chi connectivity index (χ1) is 8.66. The van der Waals surface area contributed by atoms with Crippen LogP contribution >= 0.6 is 23.3 Å². The van der Waals surface area contributed by atoms with Gasteiger partial charge in [-0.15, -0.1) is 0 Å². The molecule has 0 spiro atoms. The van der Waals surface area contributed by atoms with Crippen molar-refractivity contribution in [3.63, 3.8) is 0 Å². The lowest BCUT2D eigenvalue weighted by Crippen LogP contribution is -2.31. The molecule has 94 valence electrons. The molecule has 1 aliphatic carbocycles. The number of carbonyl (C=O) groups is 1. The van der Waals surface area contributed by atoms with Crippen molar-refractivity contribution >= 4 is 46.0 Å². The predicted octanol–water partition coefficient (Wildman–Crippen LogP) is 2.02. The molecule has 1 aromatic carbocycles. The number of fused-ring (bicyclic) bond motifs is 1. The number of nitrogens with two attached hydrogens (primary N) is 1. The molecule has 18 heavy (non-hydrogen) atoms. The summed E-state index contributed by atoms with van der Waals surface area (Å²) < 4.78 is 8.28. The highest BCUT2D eigenvalue weighted by atomic mass is 35.5. The summed E-state index contributed by atoms with van der Waals surface area (Å²) in [6.45, 7) is 0.363. The third kappa shape index (κ3) is 1.77. The van der Waals surface area contributed by atoms with Gasteiger partial charge in [0.05, 0.1) is 27.9 Å². The molecular weight excluding hydrogens is 272 g/mol. The second-order valence-corrected chi connectivity index (χ2v) is 5.43. The number of aromatic nitrogens is 2. The van der Waals surface area contributed by atoms with Gasteiger partial charge in [-0.1, -0.05) is 11.6 Å². The van der Waals surface area contributed by atoms with E-state index in [4.69, 9.17) is 17.3 Å². The van der Waals surface area contributed by atoms with Crippen molar-refractivity contribution < 1.29 is 4.79 Å². The van der Waals surface area contributed by atoms with E-state index in [0.29, 0.717) is 22.8 Å². The first kappa shape index (κ1) is 11.8. The van der Waals surface area contributed by atoms with Crippen molar-refractivity contribution in [1.29, 1.82) is 0 Å². The van der Waals surface area contributed by atoms with Crippen LogP contribution in [0.15, 0.2) is 12.1 Å². The largest absolute Gasteiger partial charge is 0.329 e. The number of hydrogen-bond donors (Lipinski definition) is 2. The Morgan fingerprint density at radius 1 is 1.50 bits per heavy atom. The summed E-state index contributed by atoms with van der Waals surface area (Å²) in [6, 6.07) is 3.50. The van der Waals surface area contributed by atoms with Gasteiger partial charge in [0.2, 0.25) is 5.91 Å². The van der Waals surface area contributed by atoms with E-state index in [1.54, 1.807) is 12.1 Å². The van der Waals surface area contributed by atoms with Gasteiger partial charge in [-0.3, -0.25) is 4.79 Å². The van der Waals surface area contributed by atoms with Gasteiger partial charge in [-0.05, 0) is 25.0 Å². The number of anilines is 1. The van der Waals surface area contributed by atoms with E-state index in [-0.39, 0.29) is 5.91 Å². The molecule has 1 fully saturated rings. The molecule has 2 aromatic rings. The van der Waals surface area contributed by atoms with E-state index < -0.39 is 5.41 Å². The Morgan fingerprint density at radius 3 is 2.94 bits per heavy atom. The minimum absolute atomic E-state index is 0.0765. The zero-order chi connectivity index (χ0) is 12.8. The fourth-order valence-corrected chi connectivity index (χ4v) is 2.61. The van der Waals surface area contributed by atoms with Gasteiger partial charge in [-0.25, -0.2) is 0 Å². The van der Waals surface area contributed by atoms with Crippen LogP contribution in [0.3, 0.4) is 0 Å². The number of amides is 1. The molecule has 0 aliphatic heterocycles. The molecule has 0 atom stereocenters. The fourth-order valence-electron chi connectivity index (χ4n) is 1.87. The van der Waals surface area contributed by atoms with Crippen LogP contribution in [0.4, 0.5) is 5.69 Å². The summed E-state index contributed by atoms with van der Waals surface area (Å²) in [5, 5.41) is 3.32. The maximum Gasteiger partial charge on any atom is 0.231 e. The van der Waals surface area contributed by atoms with Crippen LogP contribution in [-0.4, -0.2) is 21.2 Å². The molecule has 0 unspecified atom stereocenters. The fraction of sp³-hybridized carbons (Fsp3) is 0.364. The summed E-state index contributed by atoms with van der Waals surface area (Å²) in [6.07, 6.45) is 1.66. The maximum absolute atomic E-state index is 12.2. The molecule has 1 aromatic heterocycles. The Labute approximate surface area is 113 Å². The number of halogens is 1. The van der Waals surface area contributed by atoms with E-state index in [2.05, 4.69) is 14.1 Å². The van der Waals surface area contributed by atoms with Crippen LogP contribution in [0.5, 0.6) is 0 Å². The van der Waals surface area contributed by atoms with Crippen LogP contribution in [-0.2, 0) is 4.79 Å². The predicted molar refractivity (Wildman–Crippen MR) is 71.8 cm³/mol. The molecule has 1 aliphatic rings. The monoisotopic (exact) mass is 282 g/mol. The first-order valence-electron chi connectivity index (χ1n) is 5.59. The molecule has 0 bridgehead atoms. The highest BCUT2D eigenvalue weighted by Crippen LogP contribution is 2.46. The molecule has 3 rings (SSSR count).